The fourth-order valence-corrected chi connectivity index (χ4v) is 2.65. The van der Waals surface area contributed by atoms with Crippen molar-refractivity contribution in [3.05, 3.63) is 6.20 Å². The summed E-state index contributed by atoms with van der Waals surface area (Å²) in [5.74, 6) is 1.58. The summed E-state index contributed by atoms with van der Waals surface area (Å²) >= 11 is 0. The molecule has 0 aromatic carbocycles. The topological polar surface area (TPSA) is 79.0 Å². The first-order valence-corrected chi connectivity index (χ1v) is 7.55. The number of anilines is 2. The molecule has 2 N–H and O–H groups in total. The second-order valence-corrected chi connectivity index (χ2v) is 5.38. The Morgan fingerprint density at radius 1 is 1.38 bits per heavy atom. The first-order chi connectivity index (χ1) is 10.3. The molecule has 0 atom stereocenters. The Labute approximate surface area is 124 Å². The molecule has 0 aliphatic carbocycles. The van der Waals surface area contributed by atoms with Gasteiger partial charge in [0.05, 0.1) is 11.6 Å². The third-order valence-electron chi connectivity index (χ3n) is 3.90. The predicted octanol–water partition coefficient (Wildman–Crippen LogP) is 1.79. The molecule has 3 rings (SSSR count). The van der Waals surface area contributed by atoms with E-state index in [0.29, 0.717) is 12.0 Å². The van der Waals surface area contributed by atoms with Crippen molar-refractivity contribution in [3.8, 4) is 0 Å². The number of aromatic nitrogens is 4. The number of nitrogens with one attached hydrogen (secondary N) is 2. The summed E-state index contributed by atoms with van der Waals surface area (Å²) < 4.78 is 5.44. The molecule has 0 unspecified atom stereocenters. The molecule has 21 heavy (non-hydrogen) atoms. The maximum Gasteiger partial charge on any atom is 0.226 e. The van der Waals surface area contributed by atoms with Gasteiger partial charge < -0.3 is 15.0 Å². The van der Waals surface area contributed by atoms with E-state index in [1.807, 2.05) is 0 Å². The van der Waals surface area contributed by atoms with Gasteiger partial charge in [-0.2, -0.15) is 15.1 Å². The number of H-pyrrole nitrogens is 1. The Morgan fingerprint density at radius 2 is 2.19 bits per heavy atom. The van der Waals surface area contributed by atoms with Crippen molar-refractivity contribution in [2.75, 3.05) is 37.0 Å². The van der Waals surface area contributed by atoms with Crippen LogP contribution < -0.4 is 10.2 Å². The van der Waals surface area contributed by atoms with Gasteiger partial charge in [-0.25, -0.2) is 0 Å². The van der Waals surface area contributed by atoms with Gasteiger partial charge in [0.1, 0.15) is 5.82 Å². The number of hydrogen-bond acceptors (Lipinski definition) is 6. The minimum atomic E-state index is 0.450. The molecule has 0 saturated carbocycles. The van der Waals surface area contributed by atoms with Crippen LogP contribution in [0.15, 0.2) is 6.20 Å². The minimum absolute atomic E-state index is 0.450. The van der Waals surface area contributed by atoms with Crippen LogP contribution in [0.5, 0.6) is 0 Å². The van der Waals surface area contributed by atoms with Crippen LogP contribution >= 0.6 is 0 Å². The number of hydrogen-bond donors (Lipinski definition) is 2. The zero-order valence-electron chi connectivity index (χ0n) is 12.6. The van der Waals surface area contributed by atoms with E-state index in [1.54, 1.807) is 6.20 Å². The Morgan fingerprint density at radius 3 is 2.95 bits per heavy atom. The van der Waals surface area contributed by atoms with E-state index in [-0.39, 0.29) is 0 Å². The van der Waals surface area contributed by atoms with Crippen LogP contribution in [0.1, 0.15) is 26.2 Å². The molecule has 1 fully saturated rings. The van der Waals surface area contributed by atoms with E-state index in [4.69, 9.17) is 4.74 Å². The van der Waals surface area contributed by atoms with Crippen LogP contribution in [0.2, 0.25) is 0 Å². The lowest BCUT2D eigenvalue weighted by atomic mass is 10.1. The molecule has 1 saturated heterocycles. The van der Waals surface area contributed by atoms with Gasteiger partial charge in [-0.1, -0.05) is 6.92 Å². The van der Waals surface area contributed by atoms with Gasteiger partial charge in [0, 0.05) is 32.8 Å². The number of fused-ring (bicyclic) bond motifs is 1. The van der Waals surface area contributed by atoms with Gasteiger partial charge in [0.2, 0.25) is 5.95 Å². The zero-order chi connectivity index (χ0) is 14.7. The van der Waals surface area contributed by atoms with Crippen molar-refractivity contribution in [1.29, 1.82) is 0 Å². The Hall–Kier alpha value is -1.89. The summed E-state index contributed by atoms with van der Waals surface area (Å²) in [4.78, 5) is 11.4. The van der Waals surface area contributed by atoms with E-state index < -0.39 is 0 Å². The highest BCUT2D eigenvalue weighted by Crippen LogP contribution is 2.27. The van der Waals surface area contributed by atoms with Gasteiger partial charge >= 0.3 is 0 Å². The molecule has 0 amide bonds. The summed E-state index contributed by atoms with van der Waals surface area (Å²) in [6.07, 6.45) is 4.88. The fourth-order valence-electron chi connectivity index (χ4n) is 2.65. The van der Waals surface area contributed by atoms with Crippen LogP contribution in [0, 0.1) is 0 Å². The number of ether oxygens (including phenoxy) is 1. The molecule has 2 aromatic rings. The van der Waals surface area contributed by atoms with Gasteiger partial charge in [-0.3, -0.25) is 5.10 Å². The third-order valence-corrected chi connectivity index (χ3v) is 3.90. The zero-order valence-corrected chi connectivity index (χ0v) is 12.6. The highest BCUT2D eigenvalue weighted by atomic mass is 16.5. The molecule has 114 valence electrons. The molecule has 1 aliphatic rings. The first kappa shape index (κ1) is 14.1. The number of nitrogens with zero attached hydrogens (tertiary/aromatic N) is 4. The third kappa shape index (κ3) is 2.92. The van der Waals surface area contributed by atoms with Crippen LogP contribution in [-0.2, 0) is 4.74 Å². The van der Waals surface area contributed by atoms with E-state index in [9.17, 15) is 0 Å². The summed E-state index contributed by atoms with van der Waals surface area (Å²) in [7, 11) is 2.09. The van der Waals surface area contributed by atoms with Crippen molar-refractivity contribution in [3.63, 3.8) is 0 Å². The standard InChI is InChI=1S/C14H22N6O/c1-3-6-15-14-17-12-11(9-16-19-12)13(18-14)20(2)10-4-7-21-8-5-10/h9-10H,3-8H2,1-2H3,(H2,15,16,17,18,19). The van der Waals surface area contributed by atoms with Gasteiger partial charge in [-0.05, 0) is 19.3 Å². The maximum atomic E-state index is 5.44. The summed E-state index contributed by atoms with van der Waals surface area (Å²) in [6.45, 7) is 4.61. The normalized spacial score (nSPS) is 16.3. The van der Waals surface area contributed by atoms with Crippen LogP contribution in [-0.4, -0.2) is 53.0 Å². The van der Waals surface area contributed by atoms with Crippen LogP contribution in [0.3, 0.4) is 0 Å². The van der Waals surface area contributed by atoms with Crippen molar-refractivity contribution < 1.29 is 4.74 Å². The van der Waals surface area contributed by atoms with Crippen LogP contribution in [0.25, 0.3) is 11.0 Å². The molecule has 7 heteroatoms. The molecule has 3 heterocycles. The Kier molecular flexibility index (Phi) is 4.19. The lowest BCUT2D eigenvalue weighted by Crippen LogP contribution is -2.37. The smallest absolute Gasteiger partial charge is 0.226 e. The number of rotatable bonds is 5. The summed E-state index contributed by atoms with van der Waals surface area (Å²) in [6, 6.07) is 0.450. The number of aromatic amines is 1. The second kappa shape index (κ2) is 6.26. The Bertz CT molecular complexity index is 592. The average Bonchev–Trinajstić information content (AvgIpc) is 3.00. The van der Waals surface area contributed by atoms with E-state index >= 15 is 0 Å². The van der Waals surface area contributed by atoms with Gasteiger partial charge in [0.15, 0.2) is 5.65 Å². The first-order valence-electron chi connectivity index (χ1n) is 7.55. The second-order valence-electron chi connectivity index (χ2n) is 5.38. The molecule has 1 aliphatic heterocycles. The van der Waals surface area contributed by atoms with E-state index in [2.05, 4.69) is 44.4 Å². The van der Waals surface area contributed by atoms with Crippen molar-refractivity contribution >= 4 is 22.8 Å². The van der Waals surface area contributed by atoms with Crippen molar-refractivity contribution in [2.24, 2.45) is 0 Å². The highest BCUT2D eigenvalue weighted by molar-refractivity contribution is 5.87. The SMILES string of the molecule is CCCNc1nc(N(C)C2CCOCC2)c2cn[nH]c2n1. The average molecular weight is 290 g/mol. The molecule has 0 spiro atoms. The van der Waals surface area contributed by atoms with E-state index in [0.717, 1.165) is 55.9 Å². The monoisotopic (exact) mass is 290 g/mol. The van der Waals surface area contributed by atoms with E-state index in [1.165, 1.54) is 0 Å². The van der Waals surface area contributed by atoms with Gasteiger partial charge in [0.25, 0.3) is 0 Å². The molecule has 2 aromatic heterocycles. The highest BCUT2D eigenvalue weighted by Gasteiger charge is 2.22. The predicted molar refractivity (Wildman–Crippen MR) is 82.7 cm³/mol. The fraction of sp³-hybridized carbons (Fsp3) is 0.643. The molecular weight excluding hydrogens is 268 g/mol. The lowest BCUT2D eigenvalue weighted by Gasteiger charge is -2.32. The quantitative estimate of drug-likeness (QED) is 0.874. The lowest BCUT2D eigenvalue weighted by molar-refractivity contribution is 0.0854. The maximum absolute atomic E-state index is 5.44. The molecule has 0 bridgehead atoms. The van der Waals surface area contributed by atoms with Crippen LogP contribution in [0.4, 0.5) is 11.8 Å². The largest absolute Gasteiger partial charge is 0.381 e. The van der Waals surface area contributed by atoms with Gasteiger partial charge in [-0.15, -0.1) is 0 Å². The van der Waals surface area contributed by atoms with Crippen molar-refractivity contribution in [2.45, 2.75) is 32.2 Å². The summed E-state index contributed by atoms with van der Waals surface area (Å²) in [5, 5.41) is 11.3. The van der Waals surface area contributed by atoms with Crippen molar-refractivity contribution in [1.82, 2.24) is 20.2 Å². The Balaban J connectivity index is 1.92. The molecular formula is C14H22N6O. The minimum Gasteiger partial charge on any atom is -0.381 e. The molecule has 7 nitrogen and oxygen atoms in total. The molecule has 0 radical (unpaired) electrons. The summed E-state index contributed by atoms with van der Waals surface area (Å²) in [5.41, 5.74) is 0.775.